The minimum Gasteiger partial charge on any atom is -0.497 e. The Hall–Kier alpha value is -2.54. The number of benzene rings is 2. The molecule has 0 bridgehead atoms. The summed E-state index contributed by atoms with van der Waals surface area (Å²) in [6.07, 6.45) is 0.820. The van der Waals surface area contributed by atoms with Gasteiger partial charge in [0.1, 0.15) is 17.6 Å². The van der Waals surface area contributed by atoms with Gasteiger partial charge in [0.15, 0.2) is 0 Å². The fourth-order valence-corrected chi connectivity index (χ4v) is 3.79. The molecule has 1 N–H and O–H groups in total. The Bertz CT molecular complexity index is 847. The molecule has 0 heterocycles. The zero-order valence-corrected chi connectivity index (χ0v) is 18.5. The van der Waals surface area contributed by atoms with Gasteiger partial charge in [0.2, 0.25) is 11.8 Å². The third-order valence-corrected chi connectivity index (χ3v) is 5.61. The Morgan fingerprint density at radius 1 is 1.20 bits per heavy atom. The van der Waals surface area contributed by atoms with Crippen molar-refractivity contribution in [3.63, 3.8) is 0 Å². The molecule has 0 aliphatic carbocycles. The standard InChI is InChI=1S/C23H29FN2O3S/c1-4-12-25-23(28)17(2)26(14-18-8-7-10-20(13-18)29-3)22(27)16-30-15-19-9-5-6-11-21(19)24/h5-11,13,17H,4,12,14-16H2,1-3H3,(H,25,28)/t17-/m0/s1. The molecule has 162 valence electrons. The number of methoxy groups -OCH3 is 1. The van der Waals surface area contributed by atoms with Gasteiger partial charge in [-0.1, -0.05) is 37.3 Å². The Morgan fingerprint density at radius 2 is 1.97 bits per heavy atom. The summed E-state index contributed by atoms with van der Waals surface area (Å²) in [6.45, 7) is 4.55. The van der Waals surface area contributed by atoms with Crippen LogP contribution in [0.15, 0.2) is 48.5 Å². The fourth-order valence-electron chi connectivity index (χ4n) is 2.89. The van der Waals surface area contributed by atoms with Gasteiger partial charge in [-0.3, -0.25) is 9.59 Å². The van der Waals surface area contributed by atoms with Gasteiger partial charge in [-0.05, 0) is 42.7 Å². The maximum atomic E-state index is 13.8. The van der Waals surface area contributed by atoms with Crippen molar-refractivity contribution in [1.82, 2.24) is 10.2 Å². The van der Waals surface area contributed by atoms with Crippen LogP contribution in [0, 0.1) is 5.82 Å². The van der Waals surface area contributed by atoms with Gasteiger partial charge < -0.3 is 15.0 Å². The number of amides is 2. The number of halogens is 1. The van der Waals surface area contributed by atoms with E-state index in [-0.39, 0.29) is 29.9 Å². The molecule has 2 aromatic rings. The van der Waals surface area contributed by atoms with E-state index in [1.165, 1.54) is 17.8 Å². The first-order chi connectivity index (χ1) is 14.5. The van der Waals surface area contributed by atoms with E-state index in [0.29, 0.717) is 23.6 Å². The first-order valence-corrected chi connectivity index (χ1v) is 11.1. The minimum atomic E-state index is -0.621. The van der Waals surface area contributed by atoms with Gasteiger partial charge in [0.25, 0.3) is 0 Å². The van der Waals surface area contributed by atoms with Crippen LogP contribution in [0.3, 0.4) is 0 Å². The maximum absolute atomic E-state index is 13.8. The molecule has 0 aromatic heterocycles. The van der Waals surface area contributed by atoms with Crippen molar-refractivity contribution in [3.8, 4) is 5.75 Å². The molecule has 2 rings (SSSR count). The zero-order chi connectivity index (χ0) is 21.9. The summed E-state index contributed by atoms with van der Waals surface area (Å²) in [6, 6.07) is 13.3. The maximum Gasteiger partial charge on any atom is 0.242 e. The SMILES string of the molecule is CCCNC(=O)[C@H](C)N(Cc1cccc(OC)c1)C(=O)CSCc1ccccc1F. The molecule has 0 spiro atoms. The molecule has 0 aliphatic heterocycles. The molecule has 0 saturated heterocycles. The van der Waals surface area contributed by atoms with E-state index in [0.717, 1.165) is 12.0 Å². The lowest BCUT2D eigenvalue weighted by Gasteiger charge is -2.29. The highest BCUT2D eigenvalue weighted by Crippen LogP contribution is 2.19. The van der Waals surface area contributed by atoms with Crippen LogP contribution in [0.2, 0.25) is 0 Å². The first-order valence-electron chi connectivity index (χ1n) is 9.97. The smallest absolute Gasteiger partial charge is 0.242 e. The highest BCUT2D eigenvalue weighted by molar-refractivity contribution is 7.99. The van der Waals surface area contributed by atoms with E-state index < -0.39 is 6.04 Å². The van der Waals surface area contributed by atoms with Crippen LogP contribution in [0.1, 0.15) is 31.4 Å². The Morgan fingerprint density at radius 3 is 2.67 bits per heavy atom. The number of carbonyl (C=O) groups excluding carboxylic acids is 2. The van der Waals surface area contributed by atoms with Gasteiger partial charge in [-0.15, -0.1) is 11.8 Å². The lowest BCUT2D eigenvalue weighted by molar-refractivity contribution is -0.138. The summed E-state index contributed by atoms with van der Waals surface area (Å²) in [5.41, 5.74) is 1.43. The van der Waals surface area contributed by atoms with Gasteiger partial charge in [-0.25, -0.2) is 4.39 Å². The third kappa shape index (κ3) is 7.06. The number of hydrogen-bond acceptors (Lipinski definition) is 4. The molecule has 0 aliphatic rings. The number of rotatable bonds is 11. The summed E-state index contributed by atoms with van der Waals surface area (Å²) in [5.74, 6) is 0.603. The molecule has 0 fully saturated rings. The molecule has 7 heteroatoms. The van der Waals surface area contributed by atoms with E-state index in [2.05, 4.69) is 5.32 Å². The van der Waals surface area contributed by atoms with E-state index in [1.807, 2.05) is 31.2 Å². The largest absolute Gasteiger partial charge is 0.497 e. The molecule has 30 heavy (non-hydrogen) atoms. The monoisotopic (exact) mass is 432 g/mol. The first kappa shape index (κ1) is 23.7. The van der Waals surface area contributed by atoms with Gasteiger partial charge in [0, 0.05) is 18.8 Å². The topological polar surface area (TPSA) is 58.6 Å². The van der Waals surface area contributed by atoms with Crippen molar-refractivity contribution >= 4 is 23.6 Å². The van der Waals surface area contributed by atoms with Crippen molar-refractivity contribution < 1.29 is 18.7 Å². The fraction of sp³-hybridized carbons (Fsp3) is 0.391. The second kappa shape index (κ2) is 12.2. The third-order valence-electron chi connectivity index (χ3n) is 4.64. The average molecular weight is 433 g/mol. The molecular formula is C23H29FN2O3S. The van der Waals surface area contributed by atoms with Crippen LogP contribution < -0.4 is 10.1 Å². The van der Waals surface area contributed by atoms with E-state index in [9.17, 15) is 14.0 Å². The van der Waals surface area contributed by atoms with Crippen molar-refractivity contribution in [2.75, 3.05) is 19.4 Å². The quantitative estimate of drug-likeness (QED) is 0.583. The molecule has 2 aromatic carbocycles. The van der Waals surface area contributed by atoms with Crippen LogP contribution in [0.25, 0.3) is 0 Å². The molecule has 1 atom stereocenters. The van der Waals surface area contributed by atoms with E-state index in [4.69, 9.17) is 4.74 Å². The molecule has 0 radical (unpaired) electrons. The van der Waals surface area contributed by atoms with Gasteiger partial charge in [-0.2, -0.15) is 0 Å². The second-order valence-electron chi connectivity index (χ2n) is 6.92. The van der Waals surface area contributed by atoms with Crippen LogP contribution in [0.4, 0.5) is 4.39 Å². The van der Waals surface area contributed by atoms with Crippen molar-refractivity contribution in [2.24, 2.45) is 0 Å². The number of ether oxygens (including phenoxy) is 1. The predicted octanol–water partition coefficient (Wildman–Crippen LogP) is 4.01. The highest BCUT2D eigenvalue weighted by atomic mass is 32.2. The summed E-state index contributed by atoms with van der Waals surface area (Å²) in [4.78, 5) is 27.1. The Balaban J connectivity index is 2.09. The zero-order valence-electron chi connectivity index (χ0n) is 17.7. The molecule has 0 unspecified atom stereocenters. The predicted molar refractivity (Wildman–Crippen MR) is 119 cm³/mol. The minimum absolute atomic E-state index is 0.156. The molecule has 0 saturated carbocycles. The van der Waals surface area contributed by atoms with Crippen LogP contribution in [-0.4, -0.2) is 42.2 Å². The average Bonchev–Trinajstić information content (AvgIpc) is 2.76. The van der Waals surface area contributed by atoms with E-state index in [1.54, 1.807) is 37.1 Å². The van der Waals surface area contributed by atoms with Crippen LogP contribution in [0.5, 0.6) is 5.75 Å². The number of carbonyl (C=O) groups is 2. The summed E-state index contributed by atoms with van der Waals surface area (Å²) in [7, 11) is 1.59. The number of hydrogen-bond donors (Lipinski definition) is 1. The lowest BCUT2D eigenvalue weighted by Crippen LogP contribution is -2.48. The van der Waals surface area contributed by atoms with E-state index >= 15 is 0 Å². The Kier molecular flexibility index (Phi) is 9.67. The van der Waals surface area contributed by atoms with Crippen LogP contribution in [-0.2, 0) is 21.9 Å². The van der Waals surface area contributed by atoms with Gasteiger partial charge in [0.05, 0.1) is 12.9 Å². The second-order valence-corrected chi connectivity index (χ2v) is 7.91. The van der Waals surface area contributed by atoms with Crippen LogP contribution >= 0.6 is 11.8 Å². The summed E-state index contributed by atoms with van der Waals surface area (Å²) < 4.78 is 19.1. The normalized spacial score (nSPS) is 11.6. The molecule has 2 amide bonds. The highest BCUT2D eigenvalue weighted by Gasteiger charge is 2.26. The molecule has 5 nitrogen and oxygen atoms in total. The van der Waals surface area contributed by atoms with Crippen molar-refractivity contribution in [3.05, 3.63) is 65.5 Å². The number of nitrogens with one attached hydrogen (secondary N) is 1. The Labute approximate surface area is 182 Å². The van der Waals surface area contributed by atoms with Crippen molar-refractivity contribution in [2.45, 2.75) is 38.6 Å². The van der Waals surface area contributed by atoms with Crippen molar-refractivity contribution in [1.29, 1.82) is 0 Å². The number of thioether (sulfide) groups is 1. The summed E-state index contributed by atoms with van der Waals surface area (Å²) >= 11 is 1.33. The lowest BCUT2D eigenvalue weighted by atomic mass is 10.1. The summed E-state index contributed by atoms with van der Waals surface area (Å²) in [5, 5.41) is 2.85. The molecular weight excluding hydrogens is 403 g/mol. The number of nitrogens with zero attached hydrogens (tertiary/aromatic N) is 1. The van der Waals surface area contributed by atoms with Gasteiger partial charge >= 0.3 is 0 Å².